The van der Waals surface area contributed by atoms with E-state index >= 15 is 0 Å². The molecule has 1 atom stereocenters. The van der Waals surface area contributed by atoms with E-state index in [-0.39, 0.29) is 6.54 Å². The van der Waals surface area contributed by atoms with Gasteiger partial charge in [-0.15, -0.1) is 0 Å². The molecule has 0 radical (unpaired) electrons. The molecule has 0 spiro atoms. The summed E-state index contributed by atoms with van der Waals surface area (Å²) in [5.41, 5.74) is 12.7. The van der Waals surface area contributed by atoms with Crippen molar-refractivity contribution in [3.05, 3.63) is 70.1 Å². The molecule has 0 bridgehead atoms. The average molecular weight is 296 g/mol. The molecule has 1 N–H and O–H groups in total. The van der Waals surface area contributed by atoms with E-state index in [2.05, 4.69) is 14.9 Å². The Hall–Kier alpha value is -2.49. The zero-order valence-electron chi connectivity index (χ0n) is 12.8. The quantitative estimate of drug-likeness (QED) is 0.495. The maximum absolute atomic E-state index is 10.1. The predicted octanol–water partition coefficient (Wildman–Crippen LogP) is 4.11. The summed E-state index contributed by atoms with van der Waals surface area (Å²) in [7, 11) is 0. The smallest absolute Gasteiger partial charge is 0.0775 e. The third-order valence-electron chi connectivity index (χ3n) is 3.56. The number of para-hydroxylation sites is 2. The molecule has 0 saturated heterocycles. The van der Waals surface area contributed by atoms with E-state index in [1.807, 2.05) is 62.4 Å². The lowest BCUT2D eigenvalue weighted by molar-refractivity contribution is 0.191. The molecule has 2 rings (SSSR count). The molecule has 0 saturated carbocycles. The van der Waals surface area contributed by atoms with Gasteiger partial charge in [-0.3, -0.25) is 0 Å². The van der Waals surface area contributed by atoms with E-state index in [0.717, 1.165) is 22.5 Å². The van der Waals surface area contributed by atoms with Gasteiger partial charge < -0.3 is 10.0 Å². The number of aliphatic hydroxyl groups is 1. The molecule has 0 aromatic heterocycles. The molecule has 2 aromatic carbocycles. The molecule has 5 heteroatoms. The van der Waals surface area contributed by atoms with Crippen molar-refractivity contribution in [2.75, 3.05) is 18.0 Å². The van der Waals surface area contributed by atoms with E-state index < -0.39 is 6.10 Å². The lowest BCUT2D eigenvalue weighted by Crippen LogP contribution is -2.31. The predicted molar refractivity (Wildman–Crippen MR) is 89.4 cm³/mol. The molecule has 0 aliphatic carbocycles. The third kappa shape index (κ3) is 3.79. The van der Waals surface area contributed by atoms with Crippen LogP contribution in [-0.2, 0) is 0 Å². The molecule has 0 aliphatic rings. The summed E-state index contributed by atoms with van der Waals surface area (Å²) in [5, 5.41) is 13.6. The number of benzene rings is 2. The van der Waals surface area contributed by atoms with E-state index in [9.17, 15) is 5.11 Å². The van der Waals surface area contributed by atoms with Gasteiger partial charge in [-0.05, 0) is 42.6 Å². The fraction of sp³-hybridized carbons (Fsp3) is 0.294. The highest BCUT2D eigenvalue weighted by atomic mass is 16.3. The van der Waals surface area contributed by atoms with Crippen molar-refractivity contribution in [2.24, 2.45) is 5.11 Å². The number of azide groups is 1. The Kier molecular flexibility index (Phi) is 5.42. The van der Waals surface area contributed by atoms with Crippen molar-refractivity contribution in [1.82, 2.24) is 0 Å². The first-order valence-corrected chi connectivity index (χ1v) is 7.21. The van der Waals surface area contributed by atoms with Crippen LogP contribution < -0.4 is 4.90 Å². The van der Waals surface area contributed by atoms with E-state index in [1.165, 1.54) is 0 Å². The molecule has 114 valence electrons. The minimum Gasteiger partial charge on any atom is -0.391 e. The highest BCUT2D eigenvalue weighted by Gasteiger charge is 2.17. The van der Waals surface area contributed by atoms with Crippen LogP contribution in [0.3, 0.4) is 0 Å². The van der Waals surface area contributed by atoms with Gasteiger partial charge >= 0.3 is 0 Å². The Morgan fingerprint density at radius 1 is 1.05 bits per heavy atom. The number of rotatable bonds is 6. The fourth-order valence-electron chi connectivity index (χ4n) is 2.46. The van der Waals surface area contributed by atoms with E-state index in [4.69, 9.17) is 5.53 Å². The first kappa shape index (κ1) is 15.9. The van der Waals surface area contributed by atoms with Crippen LogP contribution in [0, 0.1) is 13.8 Å². The lowest BCUT2D eigenvalue weighted by atomic mass is 10.1. The van der Waals surface area contributed by atoms with Crippen molar-refractivity contribution < 1.29 is 5.11 Å². The number of nitrogens with zero attached hydrogens (tertiary/aromatic N) is 4. The van der Waals surface area contributed by atoms with Crippen molar-refractivity contribution in [3.8, 4) is 0 Å². The standard InChI is InChI=1S/C17H20N4O/c1-13-7-3-5-9-16(13)21(12-15(22)11-19-20-18)17-10-6-4-8-14(17)2/h3-10,15,22H,11-12H2,1-2H3/t15-/m1/s1. The second-order valence-corrected chi connectivity index (χ2v) is 5.25. The number of aryl methyl sites for hydroxylation is 2. The Labute approximate surface area is 130 Å². The monoisotopic (exact) mass is 296 g/mol. The first-order valence-electron chi connectivity index (χ1n) is 7.21. The first-order chi connectivity index (χ1) is 10.6. The lowest BCUT2D eigenvalue weighted by Gasteiger charge is -2.29. The number of aliphatic hydroxyl groups excluding tert-OH is 1. The third-order valence-corrected chi connectivity index (χ3v) is 3.56. The summed E-state index contributed by atoms with van der Waals surface area (Å²) < 4.78 is 0. The van der Waals surface area contributed by atoms with Crippen LogP contribution >= 0.6 is 0 Å². The van der Waals surface area contributed by atoms with Crippen LogP contribution in [0.5, 0.6) is 0 Å². The van der Waals surface area contributed by atoms with Gasteiger partial charge in [-0.1, -0.05) is 41.5 Å². The summed E-state index contributed by atoms with van der Waals surface area (Å²) in [5.74, 6) is 0. The largest absolute Gasteiger partial charge is 0.391 e. The SMILES string of the molecule is Cc1ccccc1N(C[C@H](O)CN=[N+]=[N-])c1ccccc1C. The van der Waals surface area contributed by atoms with Crippen molar-refractivity contribution >= 4 is 11.4 Å². The van der Waals surface area contributed by atoms with Gasteiger partial charge in [0.05, 0.1) is 12.6 Å². The minimum atomic E-state index is -0.727. The number of hydrogen-bond donors (Lipinski definition) is 1. The highest BCUT2D eigenvalue weighted by molar-refractivity contribution is 5.68. The molecular formula is C17H20N4O. The average Bonchev–Trinajstić information content (AvgIpc) is 2.52. The van der Waals surface area contributed by atoms with Gasteiger partial charge in [0.2, 0.25) is 0 Å². The zero-order chi connectivity index (χ0) is 15.9. The van der Waals surface area contributed by atoms with Crippen LogP contribution in [0.4, 0.5) is 11.4 Å². The van der Waals surface area contributed by atoms with Crippen LogP contribution in [0.25, 0.3) is 10.4 Å². The molecule has 0 heterocycles. The van der Waals surface area contributed by atoms with Crippen LogP contribution in [0.2, 0.25) is 0 Å². The molecule has 5 nitrogen and oxygen atoms in total. The second-order valence-electron chi connectivity index (χ2n) is 5.25. The summed E-state index contributed by atoms with van der Waals surface area (Å²) in [6.45, 7) is 4.51. The topological polar surface area (TPSA) is 72.2 Å². The van der Waals surface area contributed by atoms with Crippen molar-refractivity contribution in [3.63, 3.8) is 0 Å². The molecule has 0 fully saturated rings. The van der Waals surface area contributed by atoms with Crippen LogP contribution in [0.1, 0.15) is 11.1 Å². The zero-order valence-corrected chi connectivity index (χ0v) is 12.8. The number of hydrogen-bond acceptors (Lipinski definition) is 3. The van der Waals surface area contributed by atoms with Gasteiger partial charge in [0, 0.05) is 22.8 Å². The molecule has 0 amide bonds. The maximum atomic E-state index is 10.1. The van der Waals surface area contributed by atoms with Crippen molar-refractivity contribution in [2.45, 2.75) is 20.0 Å². The van der Waals surface area contributed by atoms with E-state index in [1.54, 1.807) is 0 Å². The Morgan fingerprint density at radius 2 is 1.55 bits per heavy atom. The van der Waals surface area contributed by atoms with E-state index in [0.29, 0.717) is 6.54 Å². The maximum Gasteiger partial charge on any atom is 0.0775 e. The highest BCUT2D eigenvalue weighted by Crippen LogP contribution is 2.30. The van der Waals surface area contributed by atoms with Crippen LogP contribution in [-0.4, -0.2) is 24.3 Å². The van der Waals surface area contributed by atoms with Crippen molar-refractivity contribution in [1.29, 1.82) is 0 Å². The van der Waals surface area contributed by atoms with Crippen LogP contribution in [0.15, 0.2) is 53.6 Å². The summed E-state index contributed by atoms with van der Waals surface area (Å²) in [4.78, 5) is 4.78. The summed E-state index contributed by atoms with van der Waals surface area (Å²) >= 11 is 0. The number of anilines is 2. The Morgan fingerprint density at radius 3 is 2.00 bits per heavy atom. The normalized spacial score (nSPS) is 11.6. The molecule has 22 heavy (non-hydrogen) atoms. The van der Waals surface area contributed by atoms with Gasteiger partial charge in [0.1, 0.15) is 0 Å². The summed E-state index contributed by atoms with van der Waals surface area (Å²) in [6, 6.07) is 16.1. The molecule has 0 aliphatic heterocycles. The molecular weight excluding hydrogens is 276 g/mol. The Balaban J connectivity index is 2.39. The molecule has 2 aromatic rings. The van der Waals surface area contributed by atoms with Gasteiger partial charge in [0.15, 0.2) is 0 Å². The summed E-state index contributed by atoms with van der Waals surface area (Å²) in [6.07, 6.45) is -0.727. The van der Waals surface area contributed by atoms with Gasteiger partial charge in [-0.25, -0.2) is 0 Å². The minimum absolute atomic E-state index is 0.0603. The Bertz CT molecular complexity index is 634. The van der Waals surface area contributed by atoms with Gasteiger partial charge in [0.25, 0.3) is 0 Å². The molecule has 0 unspecified atom stereocenters. The fourth-order valence-corrected chi connectivity index (χ4v) is 2.46. The van der Waals surface area contributed by atoms with Gasteiger partial charge in [-0.2, -0.15) is 0 Å². The second kappa shape index (κ2) is 7.50.